The van der Waals surface area contributed by atoms with Gasteiger partial charge in [0, 0.05) is 6.42 Å². The van der Waals surface area contributed by atoms with Crippen LogP contribution in [0.2, 0.25) is 0 Å². The number of ether oxygens (including phenoxy) is 1. The molecule has 0 atom stereocenters. The lowest BCUT2D eigenvalue weighted by molar-refractivity contribution is -0.144. The summed E-state index contributed by atoms with van der Waals surface area (Å²) < 4.78 is 5.06. The van der Waals surface area contributed by atoms with Gasteiger partial charge in [-0.2, -0.15) is 0 Å². The molecule has 0 aromatic heterocycles. The molecule has 0 saturated heterocycles. The summed E-state index contributed by atoms with van der Waals surface area (Å²) in [5.74, 6) is 0.115. The van der Waals surface area contributed by atoms with E-state index in [-0.39, 0.29) is 23.8 Å². The van der Waals surface area contributed by atoms with Crippen molar-refractivity contribution in [2.45, 2.75) is 53.9 Å². The Morgan fingerprint density at radius 3 is 2.39 bits per heavy atom. The van der Waals surface area contributed by atoms with Crippen molar-refractivity contribution in [2.24, 2.45) is 11.3 Å². The summed E-state index contributed by atoms with van der Waals surface area (Å²) >= 11 is 0. The molecule has 1 N–H and O–H groups in total. The van der Waals surface area contributed by atoms with E-state index in [4.69, 9.17) is 4.74 Å². The molecule has 4 nitrogen and oxygen atoms in total. The van der Waals surface area contributed by atoms with E-state index >= 15 is 0 Å². The van der Waals surface area contributed by atoms with Crippen molar-refractivity contribution in [3.8, 4) is 0 Å². The van der Waals surface area contributed by atoms with Crippen molar-refractivity contribution >= 4 is 11.9 Å². The van der Waals surface area contributed by atoms with E-state index < -0.39 is 0 Å². The first-order valence-corrected chi connectivity index (χ1v) is 6.72. The van der Waals surface area contributed by atoms with Crippen LogP contribution in [0.4, 0.5) is 0 Å². The number of hydrogen-bond donors (Lipinski definition) is 1. The molecule has 0 heterocycles. The zero-order valence-corrected chi connectivity index (χ0v) is 12.3. The minimum atomic E-state index is -0.362. The van der Waals surface area contributed by atoms with Crippen molar-refractivity contribution in [1.29, 1.82) is 0 Å². The van der Waals surface area contributed by atoms with E-state index in [2.05, 4.69) is 33.0 Å². The molecule has 0 aliphatic carbocycles. The van der Waals surface area contributed by atoms with Crippen LogP contribution >= 0.6 is 0 Å². The molecule has 0 rings (SSSR count). The van der Waals surface area contributed by atoms with Crippen LogP contribution < -0.4 is 5.32 Å². The SMILES string of the molecule is CCC(=O)NCC(=O)OCCCC(C)(C)C(C)C. The first kappa shape index (κ1) is 16.9. The normalized spacial score (nSPS) is 11.4. The van der Waals surface area contributed by atoms with Gasteiger partial charge in [-0.25, -0.2) is 0 Å². The molecular formula is C14H27NO3. The summed E-state index contributed by atoms with van der Waals surface area (Å²) in [6.45, 7) is 11.0. The first-order chi connectivity index (χ1) is 8.29. The van der Waals surface area contributed by atoms with Gasteiger partial charge in [0.15, 0.2) is 0 Å². The lowest BCUT2D eigenvalue weighted by Gasteiger charge is -2.29. The van der Waals surface area contributed by atoms with Gasteiger partial charge in [-0.1, -0.05) is 34.6 Å². The van der Waals surface area contributed by atoms with Crippen LogP contribution in [0.3, 0.4) is 0 Å². The van der Waals surface area contributed by atoms with Gasteiger partial charge in [-0.05, 0) is 24.2 Å². The molecule has 0 saturated carbocycles. The fraction of sp³-hybridized carbons (Fsp3) is 0.857. The first-order valence-electron chi connectivity index (χ1n) is 6.72. The van der Waals surface area contributed by atoms with Crippen molar-refractivity contribution in [1.82, 2.24) is 5.32 Å². The predicted octanol–water partition coefficient (Wildman–Crippen LogP) is 2.52. The molecule has 4 heteroatoms. The third-order valence-electron chi connectivity index (χ3n) is 3.54. The summed E-state index contributed by atoms with van der Waals surface area (Å²) in [6, 6.07) is 0. The Morgan fingerprint density at radius 2 is 1.89 bits per heavy atom. The van der Waals surface area contributed by atoms with E-state index in [1.165, 1.54) is 0 Å². The number of esters is 1. The maximum absolute atomic E-state index is 11.3. The Bertz CT molecular complexity index is 272. The van der Waals surface area contributed by atoms with E-state index in [9.17, 15) is 9.59 Å². The fourth-order valence-electron chi connectivity index (χ4n) is 1.35. The molecule has 0 aromatic carbocycles. The standard InChI is InChI=1S/C14H27NO3/c1-6-12(16)15-10-13(17)18-9-7-8-14(4,5)11(2)3/h11H,6-10H2,1-5H3,(H,15,16). The largest absolute Gasteiger partial charge is 0.464 e. The summed E-state index contributed by atoms with van der Waals surface area (Å²) in [5, 5.41) is 2.49. The number of rotatable bonds is 8. The van der Waals surface area contributed by atoms with Gasteiger partial charge in [-0.3, -0.25) is 9.59 Å². The lowest BCUT2D eigenvalue weighted by Crippen LogP contribution is -2.30. The number of hydrogen-bond acceptors (Lipinski definition) is 3. The Morgan fingerprint density at radius 1 is 1.28 bits per heavy atom. The molecule has 106 valence electrons. The molecule has 0 unspecified atom stereocenters. The summed E-state index contributed by atoms with van der Waals surface area (Å²) in [6.07, 6.45) is 2.27. The van der Waals surface area contributed by atoms with Crippen LogP contribution in [-0.4, -0.2) is 25.0 Å². The number of carbonyl (C=O) groups excluding carboxylic acids is 2. The van der Waals surface area contributed by atoms with Crippen molar-refractivity contribution in [2.75, 3.05) is 13.2 Å². The second-order valence-corrected chi connectivity index (χ2v) is 5.60. The van der Waals surface area contributed by atoms with Crippen molar-refractivity contribution in [3.63, 3.8) is 0 Å². The quantitative estimate of drug-likeness (QED) is 0.537. The molecule has 0 aliphatic rings. The predicted molar refractivity (Wildman–Crippen MR) is 72.1 cm³/mol. The number of amides is 1. The van der Waals surface area contributed by atoms with Crippen molar-refractivity contribution < 1.29 is 14.3 Å². The van der Waals surface area contributed by atoms with Crippen LogP contribution in [0.25, 0.3) is 0 Å². The third kappa shape index (κ3) is 7.30. The Labute approximate surface area is 110 Å². The van der Waals surface area contributed by atoms with E-state index in [0.717, 1.165) is 12.8 Å². The van der Waals surface area contributed by atoms with Crippen LogP contribution in [0, 0.1) is 11.3 Å². The summed E-state index contributed by atoms with van der Waals surface area (Å²) in [4.78, 5) is 22.2. The number of nitrogens with one attached hydrogen (secondary N) is 1. The average molecular weight is 257 g/mol. The highest BCUT2D eigenvalue weighted by Gasteiger charge is 2.21. The molecule has 0 fully saturated rings. The monoisotopic (exact) mass is 257 g/mol. The Kier molecular flexibility index (Phi) is 7.64. The van der Waals surface area contributed by atoms with Gasteiger partial charge < -0.3 is 10.1 Å². The number of carbonyl (C=O) groups is 2. The molecule has 0 spiro atoms. The molecule has 0 radical (unpaired) electrons. The van der Waals surface area contributed by atoms with Gasteiger partial charge in [0.2, 0.25) is 5.91 Å². The van der Waals surface area contributed by atoms with Crippen LogP contribution in [0.15, 0.2) is 0 Å². The zero-order chi connectivity index (χ0) is 14.2. The molecule has 18 heavy (non-hydrogen) atoms. The molecular weight excluding hydrogens is 230 g/mol. The van der Waals surface area contributed by atoms with Gasteiger partial charge >= 0.3 is 5.97 Å². The molecule has 0 bridgehead atoms. The highest BCUT2D eigenvalue weighted by atomic mass is 16.5. The zero-order valence-electron chi connectivity index (χ0n) is 12.3. The second-order valence-electron chi connectivity index (χ2n) is 5.60. The minimum absolute atomic E-state index is 0.0275. The smallest absolute Gasteiger partial charge is 0.325 e. The molecule has 1 amide bonds. The second kappa shape index (κ2) is 8.11. The molecule has 0 aliphatic heterocycles. The highest BCUT2D eigenvalue weighted by molar-refractivity contribution is 5.81. The third-order valence-corrected chi connectivity index (χ3v) is 3.54. The highest BCUT2D eigenvalue weighted by Crippen LogP contribution is 2.31. The Hall–Kier alpha value is -1.06. The van der Waals surface area contributed by atoms with Gasteiger partial charge in [0.1, 0.15) is 6.54 Å². The maximum atomic E-state index is 11.3. The van der Waals surface area contributed by atoms with E-state index in [1.807, 2.05) is 0 Å². The lowest BCUT2D eigenvalue weighted by atomic mass is 9.77. The fourth-order valence-corrected chi connectivity index (χ4v) is 1.35. The van der Waals surface area contributed by atoms with Gasteiger partial charge in [0.05, 0.1) is 6.61 Å². The van der Waals surface area contributed by atoms with Crippen LogP contribution in [-0.2, 0) is 14.3 Å². The van der Waals surface area contributed by atoms with Crippen LogP contribution in [0.1, 0.15) is 53.9 Å². The minimum Gasteiger partial charge on any atom is -0.464 e. The topological polar surface area (TPSA) is 55.4 Å². The van der Waals surface area contributed by atoms with Gasteiger partial charge in [-0.15, -0.1) is 0 Å². The Balaban J connectivity index is 3.66. The van der Waals surface area contributed by atoms with Crippen LogP contribution in [0.5, 0.6) is 0 Å². The van der Waals surface area contributed by atoms with E-state index in [1.54, 1.807) is 6.92 Å². The average Bonchev–Trinajstić information content (AvgIpc) is 2.31. The summed E-state index contributed by atoms with van der Waals surface area (Å²) in [7, 11) is 0. The summed E-state index contributed by atoms with van der Waals surface area (Å²) in [5.41, 5.74) is 0.267. The van der Waals surface area contributed by atoms with Crippen molar-refractivity contribution in [3.05, 3.63) is 0 Å². The maximum Gasteiger partial charge on any atom is 0.325 e. The molecule has 0 aromatic rings. The van der Waals surface area contributed by atoms with E-state index in [0.29, 0.717) is 18.9 Å². The van der Waals surface area contributed by atoms with Gasteiger partial charge in [0.25, 0.3) is 0 Å².